The van der Waals surface area contributed by atoms with E-state index in [-0.39, 0.29) is 17.5 Å². The summed E-state index contributed by atoms with van der Waals surface area (Å²) in [6.07, 6.45) is 2.57. The molecule has 2 amide bonds. The molecule has 0 spiro atoms. The fraction of sp³-hybridized carbons (Fsp3) is 0.542. The van der Waals surface area contributed by atoms with Crippen LogP contribution in [0.4, 0.5) is 0 Å². The number of likely N-dealkylation sites (tertiary alicyclic amines) is 1. The summed E-state index contributed by atoms with van der Waals surface area (Å²) >= 11 is 0. The number of nitrogens with zero attached hydrogens (tertiary/aromatic N) is 4. The molecule has 0 aliphatic carbocycles. The summed E-state index contributed by atoms with van der Waals surface area (Å²) in [5, 5.41) is 4.09. The van der Waals surface area contributed by atoms with Gasteiger partial charge in [0.2, 0.25) is 5.91 Å². The van der Waals surface area contributed by atoms with E-state index in [2.05, 4.69) is 36.2 Å². The minimum atomic E-state index is -0.410. The van der Waals surface area contributed by atoms with Crippen LogP contribution >= 0.6 is 0 Å². The number of aryl methyl sites for hydroxylation is 3. The standard InChI is InChI=1S/C24H32N4O3/c1-16-13-17(2)22(18(3)14-16)21-15-19(25-31-21)23(29)28-8-6-5-7-20(28)24(30)27-11-9-26(4)10-12-27/h13-15,20H,5-12H2,1-4H3/t20-/m1/s1. The first-order valence-corrected chi connectivity index (χ1v) is 11.2. The Bertz CT molecular complexity index is 952. The van der Waals surface area contributed by atoms with E-state index in [1.807, 2.05) is 18.7 Å². The lowest BCUT2D eigenvalue weighted by Gasteiger charge is -2.39. The van der Waals surface area contributed by atoms with E-state index < -0.39 is 6.04 Å². The summed E-state index contributed by atoms with van der Waals surface area (Å²) in [5.41, 5.74) is 4.61. The van der Waals surface area contributed by atoms with Crippen LogP contribution in [0.25, 0.3) is 11.3 Å². The van der Waals surface area contributed by atoms with Crippen molar-refractivity contribution in [2.24, 2.45) is 0 Å². The maximum absolute atomic E-state index is 13.3. The van der Waals surface area contributed by atoms with Crippen LogP contribution in [-0.2, 0) is 4.79 Å². The van der Waals surface area contributed by atoms with E-state index in [0.717, 1.165) is 42.6 Å². The van der Waals surface area contributed by atoms with Crippen LogP contribution in [0.2, 0.25) is 0 Å². The normalized spacial score (nSPS) is 20.2. The van der Waals surface area contributed by atoms with Crippen LogP contribution in [0.3, 0.4) is 0 Å². The minimum absolute atomic E-state index is 0.0649. The zero-order chi connectivity index (χ0) is 22.1. The van der Waals surface area contributed by atoms with Crippen molar-refractivity contribution in [3.8, 4) is 11.3 Å². The summed E-state index contributed by atoms with van der Waals surface area (Å²) in [6.45, 7) is 9.88. The summed E-state index contributed by atoms with van der Waals surface area (Å²) in [4.78, 5) is 32.4. The van der Waals surface area contributed by atoms with Crippen LogP contribution < -0.4 is 0 Å². The molecule has 7 nitrogen and oxygen atoms in total. The molecule has 2 saturated heterocycles. The topological polar surface area (TPSA) is 69.9 Å². The third-order valence-electron chi connectivity index (χ3n) is 6.52. The fourth-order valence-corrected chi connectivity index (χ4v) is 4.88. The molecule has 166 valence electrons. The van der Waals surface area contributed by atoms with Crippen LogP contribution in [0.15, 0.2) is 22.7 Å². The molecule has 1 atom stereocenters. The van der Waals surface area contributed by atoms with Gasteiger partial charge in [-0.05, 0) is 58.2 Å². The molecule has 0 N–H and O–H groups in total. The van der Waals surface area contributed by atoms with E-state index >= 15 is 0 Å². The Kier molecular flexibility index (Phi) is 6.14. The van der Waals surface area contributed by atoms with Crippen LogP contribution in [-0.4, -0.2) is 77.5 Å². The lowest BCUT2D eigenvalue weighted by molar-refractivity contribution is -0.138. The highest BCUT2D eigenvalue weighted by atomic mass is 16.5. The van der Waals surface area contributed by atoms with Gasteiger partial charge in [0.05, 0.1) is 0 Å². The number of rotatable bonds is 3. The zero-order valence-electron chi connectivity index (χ0n) is 19.0. The Morgan fingerprint density at radius 1 is 0.968 bits per heavy atom. The smallest absolute Gasteiger partial charge is 0.276 e. The molecule has 2 aliphatic rings. The summed E-state index contributed by atoms with van der Waals surface area (Å²) in [6, 6.07) is 5.51. The van der Waals surface area contributed by atoms with Crippen molar-refractivity contribution in [1.82, 2.24) is 19.9 Å². The Labute approximate surface area is 184 Å². The maximum atomic E-state index is 13.3. The molecule has 0 radical (unpaired) electrons. The lowest BCUT2D eigenvalue weighted by Crippen LogP contribution is -2.56. The molecule has 4 rings (SSSR count). The first kappa shape index (κ1) is 21.6. The average Bonchev–Trinajstić information content (AvgIpc) is 3.22. The average molecular weight is 425 g/mol. The summed E-state index contributed by atoms with van der Waals surface area (Å²) < 4.78 is 5.59. The van der Waals surface area contributed by atoms with Crippen LogP contribution in [0.1, 0.15) is 46.4 Å². The van der Waals surface area contributed by atoms with Gasteiger partial charge in [-0.3, -0.25) is 9.59 Å². The number of piperazine rings is 1. The van der Waals surface area contributed by atoms with Gasteiger partial charge in [-0.1, -0.05) is 22.9 Å². The number of hydrogen-bond donors (Lipinski definition) is 0. The van der Waals surface area contributed by atoms with Crippen molar-refractivity contribution in [2.45, 2.75) is 46.1 Å². The second-order valence-electron chi connectivity index (χ2n) is 8.99. The van der Waals surface area contributed by atoms with Gasteiger partial charge in [-0.15, -0.1) is 0 Å². The zero-order valence-corrected chi connectivity index (χ0v) is 19.0. The monoisotopic (exact) mass is 424 g/mol. The van der Waals surface area contributed by atoms with Gasteiger partial charge in [0.15, 0.2) is 11.5 Å². The molecule has 2 aromatic rings. The van der Waals surface area contributed by atoms with Crippen LogP contribution in [0.5, 0.6) is 0 Å². The molecule has 0 unspecified atom stereocenters. The van der Waals surface area contributed by atoms with E-state index in [1.54, 1.807) is 11.0 Å². The van der Waals surface area contributed by atoms with Gasteiger partial charge in [-0.25, -0.2) is 0 Å². The van der Waals surface area contributed by atoms with Gasteiger partial charge < -0.3 is 19.2 Å². The van der Waals surface area contributed by atoms with Gasteiger partial charge in [0.1, 0.15) is 6.04 Å². The maximum Gasteiger partial charge on any atom is 0.276 e. The largest absolute Gasteiger partial charge is 0.355 e. The third-order valence-corrected chi connectivity index (χ3v) is 6.52. The van der Waals surface area contributed by atoms with Crippen molar-refractivity contribution in [1.29, 1.82) is 0 Å². The number of carbonyl (C=O) groups excluding carboxylic acids is 2. The Morgan fingerprint density at radius 2 is 1.65 bits per heavy atom. The lowest BCUT2D eigenvalue weighted by atomic mass is 9.97. The van der Waals surface area contributed by atoms with Gasteiger partial charge in [0.25, 0.3) is 5.91 Å². The van der Waals surface area contributed by atoms with Crippen molar-refractivity contribution in [2.75, 3.05) is 39.8 Å². The van der Waals surface area contributed by atoms with Crippen molar-refractivity contribution in [3.63, 3.8) is 0 Å². The molecule has 0 bridgehead atoms. The number of aromatic nitrogens is 1. The molecular weight excluding hydrogens is 392 g/mol. The Morgan fingerprint density at radius 3 is 2.32 bits per heavy atom. The highest BCUT2D eigenvalue weighted by Crippen LogP contribution is 2.30. The Hall–Kier alpha value is -2.67. The quantitative estimate of drug-likeness (QED) is 0.758. The molecule has 2 fully saturated rings. The van der Waals surface area contributed by atoms with Gasteiger partial charge in [-0.2, -0.15) is 0 Å². The fourth-order valence-electron chi connectivity index (χ4n) is 4.88. The van der Waals surface area contributed by atoms with E-state index in [0.29, 0.717) is 31.8 Å². The molecule has 31 heavy (non-hydrogen) atoms. The Balaban J connectivity index is 1.55. The molecule has 0 saturated carbocycles. The summed E-state index contributed by atoms with van der Waals surface area (Å²) in [5.74, 6) is 0.442. The highest BCUT2D eigenvalue weighted by Gasteiger charge is 2.37. The summed E-state index contributed by atoms with van der Waals surface area (Å²) in [7, 11) is 2.07. The number of benzene rings is 1. The number of likely N-dealkylation sites (N-methyl/N-ethyl adjacent to an activating group) is 1. The number of amides is 2. The molecule has 7 heteroatoms. The van der Waals surface area contributed by atoms with E-state index in [4.69, 9.17) is 4.52 Å². The van der Waals surface area contributed by atoms with Crippen LogP contribution in [0, 0.1) is 20.8 Å². The van der Waals surface area contributed by atoms with Crippen molar-refractivity contribution in [3.05, 3.63) is 40.6 Å². The van der Waals surface area contributed by atoms with Gasteiger partial charge >= 0.3 is 0 Å². The molecule has 3 heterocycles. The number of piperidine rings is 1. The van der Waals surface area contributed by atoms with Crippen molar-refractivity contribution < 1.29 is 14.1 Å². The number of carbonyl (C=O) groups is 2. The number of hydrogen-bond acceptors (Lipinski definition) is 5. The third kappa shape index (κ3) is 4.37. The predicted octanol–water partition coefficient (Wildman–Crippen LogP) is 3.04. The van der Waals surface area contributed by atoms with E-state index in [9.17, 15) is 9.59 Å². The minimum Gasteiger partial charge on any atom is -0.355 e. The second-order valence-corrected chi connectivity index (χ2v) is 8.99. The first-order chi connectivity index (χ1) is 14.8. The first-order valence-electron chi connectivity index (χ1n) is 11.2. The SMILES string of the molecule is Cc1cc(C)c(-c2cc(C(=O)N3CCCC[C@@H]3C(=O)N3CCN(C)CC3)no2)c(C)c1. The molecule has 1 aromatic carbocycles. The highest BCUT2D eigenvalue weighted by molar-refractivity contribution is 5.97. The molecular formula is C24H32N4O3. The second kappa shape index (κ2) is 8.83. The van der Waals surface area contributed by atoms with Crippen molar-refractivity contribution >= 4 is 11.8 Å². The molecule has 1 aromatic heterocycles. The van der Waals surface area contributed by atoms with E-state index in [1.165, 1.54) is 5.56 Å². The van der Waals surface area contributed by atoms with Gasteiger partial charge in [0, 0.05) is 44.4 Å². The molecule has 2 aliphatic heterocycles. The predicted molar refractivity (Wildman–Crippen MR) is 119 cm³/mol.